The van der Waals surface area contributed by atoms with Gasteiger partial charge in [-0.3, -0.25) is 0 Å². The van der Waals surface area contributed by atoms with Crippen molar-refractivity contribution in [3.63, 3.8) is 0 Å². The fourth-order valence-corrected chi connectivity index (χ4v) is 2.90. The van der Waals surface area contributed by atoms with Gasteiger partial charge < -0.3 is 15.8 Å². The van der Waals surface area contributed by atoms with Crippen molar-refractivity contribution in [2.75, 3.05) is 24.7 Å². The Morgan fingerprint density at radius 3 is 2.85 bits per heavy atom. The van der Waals surface area contributed by atoms with Gasteiger partial charge in [-0.15, -0.1) is 11.3 Å². The van der Waals surface area contributed by atoms with Crippen molar-refractivity contribution >= 4 is 40.3 Å². The molecular weight excluding hydrogens is 296 g/mol. The number of nitrogens with one attached hydrogen (secondary N) is 1. The molecule has 1 aromatic carbocycles. The average molecular weight is 311 g/mol. The molecule has 0 unspecified atom stereocenters. The third-order valence-electron chi connectivity index (χ3n) is 2.83. The van der Waals surface area contributed by atoms with E-state index in [-0.39, 0.29) is 0 Å². The molecule has 3 N–H and O–H groups in total. The number of halogens is 1. The fourth-order valence-electron chi connectivity index (χ4n) is 1.81. The van der Waals surface area contributed by atoms with Gasteiger partial charge in [-0.1, -0.05) is 17.7 Å². The second-order valence-corrected chi connectivity index (χ2v) is 5.94. The van der Waals surface area contributed by atoms with E-state index in [1.807, 2.05) is 18.2 Å². The van der Waals surface area contributed by atoms with Crippen LogP contribution in [0, 0.1) is 0 Å². The lowest BCUT2D eigenvalue weighted by atomic mass is 10.1. The Morgan fingerprint density at radius 1 is 1.40 bits per heavy atom. The quantitative estimate of drug-likeness (QED) is 0.656. The number of rotatable bonds is 5. The molecule has 20 heavy (non-hydrogen) atoms. The zero-order valence-electron chi connectivity index (χ0n) is 11.0. The summed E-state index contributed by atoms with van der Waals surface area (Å²) in [5, 5.41) is 3.22. The van der Waals surface area contributed by atoms with Crippen LogP contribution in [0.3, 0.4) is 0 Å². The van der Waals surface area contributed by atoms with Gasteiger partial charge in [0.05, 0.1) is 28.4 Å². The van der Waals surface area contributed by atoms with Gasteiger partial charge in [0, 0.05) is 11.4 Å². The maximum absolute atomic E-state index is 11.5. The van der Waals surface area contributed by atoms with Gasteiger partial charge >= 0.3 is 5.97 Å². The molecule has 1 aromatic heterocycles. The molecular formula is C14H15ClN2O2S. The molecule has 0 saturated carbocycles. The van der Waals surface area contributed by atoms with Crippen LogP contribution >= 0.6 is 22.9 Å². The van der Waals surface area contributed by atoms with Gasteiger partial charge in [0.1, 0.15) is 0 Å². The summed E-state index contributed by atoms with van der Waals surface area (Å²) in [6.07, 6.45) is 0.847. The van der Waals surface area contributed by atoms with E-state index in [4.69, 9.17) is 17.3 Å². The highest BCUT2D eigenvalue weighted by Gasteiger charge is 2.12. The lowest BCUT2D eigenvalue weighted by Crippen LogP contribution is -2.10. The third kappa shape index (κ3) is 3.43. The van der Waals surface area contributed by atoms with E-state index in [1.54, 1.807) is 23.5 Å². The second kappa shape index (κ2) is 6.63. The van der Waals surface area contributed by atoms with Crippen LogP contribution in [-0.4, -0.2) is 19.6 Å². The average Bonchev–Trinajstić information content (AvgIpc) is 2.85. The topological polar surface area (TPSA) is 64.3 Å². The molecule has 0 radical (unpaired) electrons. The molecule has 0 atom stereocenters. The Balaban J connectivity index is 2.01. The Labute approximate surface area is 126 Å². The molecule has 0 aliphatic rings. The van der Waals surface area contributed by atoms with E-state index in [0.29, 0.717) is 17.8 Å². The Morgan fingerprint density at radius 2 is 2.20 bits per heavy atom. The molecule has 2 aromatic rings. The molecule has 6 heteroatoms. The zero-order chi connectivity index (χ0) is 14.5. The maximum atomic E-state index is 11.5. The second-order valence-electron chi connectivity index (χ2n) is 4.14. The minimum Gasteiger partial charge on any atom is -0.465 e. The summed E-state index contributed by atoms with van der Waals surface area (Å²) < 4.78 is 5.47. The van der Waals surface area contributed by atoms with Gasteiger partial charge in [-0.25, -0.2) is 4.79 Å². The van der Waals surface area contributed by atoms with Crippen molar-refractivity contribution in [3.8, 4) is 0 Å². The van der Waals surface area contributed by atoms with Gasteiger partial charge in [0.25, 0.3) is 0 Å². The van der Waals surface area contributed by atoms with Crippen molar-refractivity contribution in [2.45, 2.75) is 6.42 Å². The number of carbonyl (C=O) groups is 1. The number of benzene rings is 1. The normalized spacial score (nSPS) is 10.3. The predicted octanol–water partition coefficient (Wildman–Crippen LogP) is 3.42. The summed E-state index contributed by atoms with van der Waals surface area (Å²) in [4.78, 5) is 12.7. The summed E-state index contributed by atoms with van der Waals surface area (Å²) in [5.74, 6) is -0.434. The SMILES string of the molecule is COC(=O)c1cccc(NCCc2ccc(Cl)s2)c1N. The van der Waals surface area contributed by atoms with Gasteiger partial charge in [-0.05, 0) is 30.7 Å². The van der Waals surface area contributed by atoms with E-state index in [1.165, 1.54) is 12.0 Å². The van der Waals surface area contributed by atoms with E-state index in [9.17, 15) is 4.79 Å². The van der Waals surface area contributed by atoms with E-state index >= 15 is 0 Å². The lowest BCUT2D eigenvalue weighted by molar-refractivity contribution is 0.0602. The number of esters is 1. The van der Waals surface area contributed by atoms with Crippen LogP contribution in [0.5, 0.6) is 0 Å². The Bertz CT molecular complexity index is 613. The largest absolute Gasteiger partial charge is 0.465 e. The smallest absolute Gasteiger partial charge is 0.340 e. The van der Waals surface area contributed by atoms with Crippen LogP contribution in [0.15, 0.2) is 30.3 Å². The van der Waals surface area contributed by atoms with Crippen LogP contribution in [0.4, 0.5) is 11.4 Å². The van der Waals surface area contributed by atoms with Crippen LogP contribution in [0.2, 0.25) is 4.34 Å². The summed E-state index contributed by atoms with van der Waals surface area (Å²) >= 11 is 7.44. The number of hydrogen-bond acceptors (Lipinski definition) is 5. The number of nitrogens with two attached hydrogens (primary N) is 1. The molecule has 0 spiro atoms. The van der Waals surface area contributed by atoms with E-state index in [2.05, 4.69) is 10.1 Å². The zero-order valence-corrected chi connectivity index (χ0v) is 12.6. The van der Waals surface area contributed by atoms with Crippen molar-refractivity contribution in [3.05, 3.63) is 45.1 Å². The number of hydrogen-bond donors (Lipinski definition) is 2. The highest BCUT2D eigenvalue weighted by Crippen LogP contribution is 2.24. The van der Waals surface area contributed by atoms with Crippen molar-refractivity contribution < 1.29 is 9.53 Å². The van der Waals surface area contributed by atoms with E-state index < -0.39 is 5.97 Å². The molecule has 106 valence electrons. The first-order valence-corrected chi connectivity index (χ1v) is 7.26. The molecule has 0 aliphatic carbocycles. The number of ether oxygens (including phenoxy) is 1. The Kier molecular flexibility index (Phi) is 4.87. The molecule has 0 saturated heterocycles. The highest BCUT2D eigenvalue weighted by atomic mass is 35.5. The molecule has 0 fully saturated rings. The summed E-state index contributed by atoms with van der Waals surface area (Å²) in [7, 11) is 1.34. The number of anilines is 2. The predicted molar refractivity (Wildman–Crippen MR) is 83.7 cm³/mol. The number of para-hydroxylation sites is 1. The van der Waals surface area contributed by atoms with Crippen LogP contribution in [0.1, 0.15) is 15.2 Å². The van der Waals surface area contributed by atoms with Crippen LogP contribution in [-0.2, 0) is 11.2 Å². The molecule has 0 amide bonds. The first kappa shape index (κ1) is 14.7. The molecule has 1 heterocycles. The van der Waals surface area contributed by atoms with Gasteiger partial charge in [-0.2, -0.15) is 0 Å². The summed E-state index contributed by atoms with van der Waals surface area (Å²) in [5.41, 5.74) is 7.47. The third-order valence-corrected chi connectivity index (χ3v) is 4.12. The minimum absolute atomic E-state index is 0.372. The highest BCUT2D eigenvalue weighted by molar-refractivity contribution is 7.16. The van der Waals surface area contributed by atoms with Gasteiger partial charge in [0.2, 0.25) is 0 Å². The standard InChI is InChI=1S/C14H15ClN2O2S/c1-19-14(18)10-3-2-4-11(13(10)16)17-8-7-9-5-6-12(15)20-9/h2-6,17H,7-8,16H2,1H3. The first-order valence-electron chi connectivity index (χ1n) is 6.06. The van der Waals surface area contributed by atoms with Crippen molar-refractivity contribution in [2.24, 2.45) is 0 Å². The number of carbonyl (C=O) groups excluding carboxylic acids is 1. The Hall–Kier alpha value is -1.72. The number of thiophene rings is 1. The van der Waals surface area contributed by atoms with Crippen molar-refractivity contribution in [1.29, 1.82) is 0 Å². The molecule has 2 rings (SSSR count). The minimum atomic E-state index is -0.434. The van der Waals surface area contributed by atoms with Gasteiger partial charge in [0.15, 0.2) is 0 Å². The molecule has 4 nitrogen and oxygen atoms in total. The fraction of sp³-hybridized carbons (Fsp3) is 0.214. The summed E-state index contributed by atoms with van der Waals surface area (Å²) in [6.45, 7) is 0.714. The molecule has 0 aliphatic heterocycles. The van der Waals surface area contributed by atoms with E-state index in [0.717, 1.165) is 16.4 Å². The molecule has 0 bridgehead atoms. The van der Waals surface area contributed by atoms with Crippen LogP contribution in [0.25, 0.3) is 0 Å². The maximum Gasteiger partial charge on any atom is 0.340 e. The monoisotopic (exact) mass is 310 g/mol. The summed E-state index contributed by atoms with van der Waals surface area (Å²) in [6, 6.07) is 9.14. The van der Waals surface area contributed by atoms with Crippen molar-refractivity contribution in [1.82, 2.24) is 0 Å². The first-order chi connectivity index (χ1) is 9.61. The lowest BCUT2D eigenvalue weighted by Gasteiger charge is -2.11. The number of methoxy groups -OCH3 is 1. The number of nitrogen functional groups attached to an aromatic ring is 1. The van der Waals surface area contributed by atoms with Crippen LogP contribution < -0.4 is 11.1 Å².